The van der Waals surface area contributed by atoms with Crippen molar-refractivity contribution < 1.29 is 9.90 Å². The predicted octanol–water partition coefficient (Wildman–Crippen LogP) is 1.72. The highest BCUT2D eigenvalue weighted by molar-refractivity contribution is 6.32. The largest absolute Gasteiger partial charge is 0.506 e. The number of hydrogen-bond donors (Lipinski definition) is 3. The van der Waals surface area contributed by atoms with E-state index in [0.29, 0.717) is 12.1 Å². The first-order chi connectivity index (χ1) is 7.04. The standard InChI is InChI=1S/C10H13ClN2O2/c1-2-8(12)10(15)13-6-3-4-9(14)7(11)5-6/h3-5,8,14H,2,12H2,1H3,(H,13,15)/t8-/m0/s1. The predicted molar refractivity (Wildman–Crippen MR) is 60.0 cm³/mol. The number of anilines is 1. The van der Waals surface area contributed by atoms with Crippen molar-refractivity contribution in [3.05, 3.63) is 23.2 Å². The van der Waals surface area contributed by atoms with Crippen LogP contribution in [0, 0.1) is 0 Å². The molecule has 4 N–H and O–H groups in total. The zero-order valence-corrected chi connectivity index (χ0v) is 9.08. The molecule has 0 aliphatic heterocycles. The average molecular weight is 229 g/mol. The highest BCUT2D eigenvalue weighted by Crippen LogP contribution is 2.25. The maximum atomic E-state index is 11.4. The number of amides is 1. The fourth-order valence-corrected chi connectivity index (χ4v) is 1.19. The molecule has 0 aliphatic rings. The number of phenols is 1. The van der Waals surface area contributed by atoms with Gasteiger partial charge in [0, 0.05) is 5.69 Å². The van der Waals surface area contributed by atoms with E-state index in [0.717, 1.165) is 0 Å². The van der Waals surface area contributed by atoms with Crippen molar-refractivity contribution in [3.63, 3.8) is 0 Å². The van der Waals surface area contributed by atoms with E-state index in [9.17, 15) is 4.79 Å². The van der Waals surface area contributed by atoms with Gasteiger partial charge in [-0.05, 0) is 24.6 Å². The van der Waals surface area contributed by atoms with Crippen LogP contribution in [0.3, 0.4) is 0 Å². The van der Waals surface area contributed by atoms with Crippen LogP contribution in [-0.2, 0) is 4.79 Å². The molecule has 0 bridgehead atoms. The SMILES string of the molecule is CC[C@H](N)C(=O)Nc1ccc(O)c(Cl)c1. The minimum atomic E-state index is -0.530. The molecular formula is C10H13ClN2O2. The van der Waals surface area contributed by atoms with Gasteiger partial charge in [-0.15, -0.1) is 0 Å². The molecular weight excluding hydrogens is 216 g/mol. The number of nitrogens with one attached hydrogen (secondary N) is 1. The monoisotopic (exact) mass is 228 g/mol. The first kappa shape index (κ1) is 11.8. The molecule has 1 rings (SSSR count). The van der Waals surface area contributed by atoms with Gasteiger partial charge in [0.05, 0.1) is 11.1 Å². The summed E-state index contributed by atoms with van der Waals surface area (Å²) in [6.07, 6.45) is 0.567. The van der Waals surface area contributed by atoms with Gasteiger partial charge >= 0.3 is 0 Å². The molecule has 0 radical (unpaired) electrons. The fraction of sp³-hybridized carbons (Fsp3) is 0.300. The molecule has 0 fully saturated rings. The first-order valence-corrected chi connectivity index (χ1v) is 4.97. The van der Waals surface area contributed by atoms with E-state index < -0.39 is 6.04 Å². The third-order valence-electron chi connectivity index (χ3n) is 1.99. The number of rotatable bonds is 3. The van der Waals surface area contributed by atoms with Gasteiger partial charge in [-0.1, -0.05) is 18.5 Å². The lowest BCUT2D eigenvalue weighted by Crippen LogP contribution is -2.34. The van der Waals surface area contributed by atoms with Crippen LogP contribution in [0.25, 0.3) is 0 Å². The Bertz CT molecular complexity index is 368. The third kappa shape index (κ3) is 3.11. The third-order valence-corrected chi connectivity index (χ3v) is 2.29. The van der Waals surface area contributed by atoms with Crippen LogP contribution >= 0.6 is 11.6 Å². The lowest BCUT2D eigenvalue weighted by Gasteiger charge is -2.10. The van der Waals surface area contributed by atoms with Gasteiger partial charge in [0.2, 0.25) is 5.91 Å². The molecule has 1 aromatic rings. The second-order valence-corrected chi connectivity index (χ2v) is 3.58. The fourth-order valence-electron chi connectivity index (χ4n) is 1.01. The Hall–Kier alpha value is -1.26. The number of hydrogen-bond acceptors (Lipinski definition) is 3. The number of phenolic OH excluding ortho intramolecular Hbond substituents is 1. The van der Waals surface area contributed by atoms with Crippen molar-refractivity contribution in [2.24, 2.45) is 5.73 Å². The molecule has 82 valence electrons. The summed E-state index contributed by atoms with van der Waals surface area (Å²) in [6.45, 7) is 1.83. The molecule has 0 saturated carbocycles. The van der Waals surface area contributed by atoms with Crippen molar-refractivity contribution >= 4 is 23.2 Å². The quantitative estimate of drug-likeness (QED) is 0.690. The smallest absolute Gasteiger partial charge is 0.241 e. The van der Waals surface area contributed by atoms with E-state index >= 15 is 0 Å². The lowest BCUT2D eigenvalue weighted by atomic mass is 10.2. The maximum absolute atomic E-state index is 11.4. The second kappa shape index (κ2) is 5.00. The van der Waals surface area contributed by atoms with Gasteiger partial charge in [-0.2, -0.15) is 0 Å². The molecule has 4 nitrogen and oxygen atoms in total. The van der Waals surface area contributed by atoms with E-state index in [1.807, 2.05) is 6.92 Å². The summed E-state index contributed by atoms with van der Waals surface area (Å²) in [5.41, 5.74) is 6.06. The molecule has 0 saturated heterocycles. The molecule has 1 amide bonds. The summed E-state index contributed by atoms with van der Waals surface area (Å²) in [6, 6.07) is 3.91. The molecule has 0 aliphatic carbocycles. The van der Waals surface area contributed by atoms with Gasteiger partial charge in [0.25, 0.3) is 0 Å². The van der Waals surface area contributed by atoms with Crippen LogP contribution < -0.4 is 11.1 Å². The number of carbonyl (C=O) groups excluding carboxylic acids is 1. The Balaban J connectivity index is 2.73. The first-order valence-electron chi connectivity index (χ1n) is 4.59. The molecule has 0 aromatic heterocycles. The van der Waals surface area contributed by atoms with Crippen molar-refractivity contribution in [3.8, 4) is 5.75 Å². The Labute approximate surface area is 93.0 Å². The number of nitrogens with two attached hydrogens (primary N) is 1. The highest BCUT2D eigenvalue weighted by Gasteiger charge is 2.11. The van der Waals surface area contributed by atoms with Crippen LogP contribution in [0.15, 0.2) is 18.2 Å². The normalized spacial score (nSPS) is 12.2. The molecule has 1 aromatic carbocycles. The second-order valence-electron chi connectivity index (χ2n) is 3.17. The van der Waals surface area contributed by atoms with Crippen molar-refractivity contribution in [1.82, 2.24) is 0 Å². The van der Waals surface area contributed by atoms with E-state index in [1.54, 1.807) is 6.07 Å². The molecule has 5 heteroatoms. The Kier molecular flexibility index (Phi) is 3.94. The minimum absolute atomic E-state index is 0.0190. The van der Waals surface area contributed by atoms with Crippen LogP contribution in [0.4, 0.5) is 5.69 Å². The van der Waals surface area contributed by atoms with Crippen LogP contribution in [-0.4, -0.2) is 17.1 Å². The van der Waals surface area contributed by atoms with Gasteiger partial charge in [0.1, 0.15) is 5.75 Å². The summed E-state index contributed by atoms with van der Waals surface area (Å²) in [5.74, 6) is -0.284. The van der Waals surface area contributed by atoms with Gasteiger partial charge in [0.15, 0.2) is 0 Å². The molecule has 0 unspecified atom stereocenters. The Morgan fingerprint density at radius 2 is 2.33 bits per heavy atom. The number of benzene rings is 1. The Morgan fingerprint density at radius 3 is 2.87 bits per heavy atom. The van der Waals surface area contributed by atoms with Gasteiger partial charge in [-0.25, -0.2) is 0 Å². The van der Waals surface area contributed by atoms with Crippen LogP contribution in [0.2, 0.25) is 5.02 Å². The molecule has 15 heavy (non-hydrogen) atoms. The lowest BCUT2D eigenvalue weighted by molar-refractivity contribution is -0.117. The number of aromatic hydroxyl groups is 1. The summed E-state index contributed by atoms with van der Waals surface area (Å²) in [4.78, 5) is 11.4. The van der Waals surface area contributed by atoms with Crippen molar-refractivity contribution in [1.29, 1.82) is 0 Å². The minimum Gasteiger partial charge on any atom is -0.506 e. The van der Waals surface area contributed by atoms with Crippen molar-refractivity contribution in [2.75, 3.05) is 5.32 Å². The Morgan fingerprint density at radius 1 is 1.67 bits per heavy atom. The average Bonchev–Trinajstić information content (AvgIpc) is 2.22. The maximum Gasteiger partial charge on any atom is 0.241 e. The summed E-state index contributed by atoms with van der Waals surface area (Å²) in [7, 11) is 0. The van der Waals surface area contributed by atoms with Gasteiger partial charge < -0.3 is 16.2 Å². The van der Waals surface area contributed by atoms with Crippen LogP contribution in [0.5, 0.6) is 5.75 Å². The molecule has 0 heterocycles. The summed E-state index contributed by atoms with van der Waals surface area (Å²) >= 11 is 5.68. The van der Waals surface area contributed by atoms with Crippen molar-refractivity contribution in [2.45, 2.75) is 19.4 Å². The highest BCUT2D eigenvalue weighted by atomic mass is 35.5. The van der Waals surface area contributed by atoms with E-state index in [-0.39, 0.29) is 16.7 Å². The van der Waals surface area contributed by atoms with Gasteiger partial charge in [-0.3, -0.25) is 4.79 Å². The zero-order valence-electron chi connectivity index (χ0n) is 8.33. The molecule has 0 spiro atoms. The summed E-state index contributed by atoms with van der Waals surface area (Å²) in [5, 5.41) is 12.0. The topological polar surface area (TPSA) is 75.4 Å². The van der Waals surface area contributed by atoms with E-state index in [2.05, 4.69) is 5.32 Å². The number of carbonyl (C=O) groups is 1. The van der Waals surface area contributed by atoms with Crippen LogP contribution in [0.1, 0.15) is 13.3 Å². The summed E-state index contributed by atoms with van der Waals surface area (Å²) < 4.78 is 0. The molecule has 1 atom stereocenters. The number of halogens is 1. The van der Waals surface area contributed by atoms with E-state index in [4.69, 9.17) is 22.4 Å². The zero-order chi connectivity index (χ0) is 11.4. The van der Waals surface area contributed by atoms with E-state index in [1.165, 1.54) is 12.1 Å².